The lowest BCUT2D eigenvalue weighted by Crippen LogP contribution is -2.38. The number of rotatable bonds is 4. The average molecular weight is 339 g/mol. The summed E-state index contributed by atoms with van der Waals surface area (Å²) in [4.78, 5) is 30.6. The van der Waals surface area contributed by atoms with E-state index in [0.29, 0.717) is 43.4 Å². The lowest BCUT2D eigenvalue weighted by molar-refractivity contribution is -0.117. The molecule has 2 heterocycles. The van der Waals surface area contributed by atoms with Gasteiger partial charge in [0.05, 0.1) is 37.0 Å². The van der Waals surface area contributed by atoms with Crippen molar-refractivity contribution in [1.82, 2.24) is 9.55 Å². The summed E-state index contributed by atoms with van der Waals surface area (Å²) in [6.45, 7) is 2.35. The minimum Gasteiger partial charge on any atom is -0.378 e. The van der Waals surface area contributed by atoms with Crippen molar-refractivity contribution < 1.29 is 9.53 Å². The second-order valence-electron chi connectivity index (χ2n) is 5.61. The molecule has 1 amide bonds. The molecule has 1 aromatic carbocycles. The van der Waals surface area contributed by atoms with Gasteiger partial charge in [0.2, 0.25) is 5.91 Å². The highest BCUT2D eigenvalue weighted by molar-refractivity contribution is 5.76. The van der Waals surface area contributed by atoms with E-state index in [1.54, 1.807) is 24.3 Å². The standard InChI is InChI=1S/C17H17N5O3/c18-11-12-2-1-3-13(8-12)22-16(9-14(19)23)20-15(10-17(22)24)21-4-6-25-7-5-21/h1-3,8,10H,4-7,9H2,(H2,19,23). The van der Waals surface area contributed by atoms with E-state index in [4.69, 9.17) is 15.7 Å². The van der Waals surface area contributed by atoms with Gasteiger partial charge in [-0.3, -0.25) is 14.2 Å². The van der Waals surface area contributed by atoms with Crippen molar-refractivity contribution in [2.45, 2.75) is 6.42 Å². The largest absolute Gasteiger partial charge is 0.378 e. The van der Waals surface area contributed by atoms with Gasteiger partial charge < -0.3 is 15.4 Å². The van der Waals surface area contributed by atoms with Crippen molar-refractivity contribution in [3.05, 3.63) is 52.1 Å². The summed E-state index contributed by atoms with van der Waals surface area (Å²) in [5.41, 5.74) is 5.88. The molecule has 0 atom stereocenters. The number of benzene rings is 1. The number of nitrogens with zero attached hydrogens (tertiary/aromatic N) is 4. The van der Waals surface area contributed by atoms with E-state index in [1.165, 1.54) is 10.6 Å². The van der Waals surface area contributed by atoms with Gasteiger partial charge in [-0.25, -0.2) is 4.98 Å². The maximum Gasteiger partial charge on any atom is 0.260 e. The zero-order valence-electron chi connectivity index (χ0n) is 13.5. The first-order chi connectivity index (χ1) is 12.1. The van der Waals surface area contributed by atoms with Crippen molar-refractivity contribution >= 4 is 11.7 Å². The van der Waals surface area contributed by atoms with Crippen molar-refractivity contribution in [3.8, 4) is 11.8 Å². The monoisotopic (exact) mass is 339 g/mol. The number of hydrogen-bond donors (Lipinski definition) is 1. The molecule has 0 bridgehead atoms. The molecule has 128 valence electrons. The second kappa shape index (κ2) is 7.15. The van der Waals surface area contributed by atoms with Crippen LogP contribution in [-0.4, -0.2) is 41.8 Å². The SMILES string of the molecule is N#Cc1cccc(-n2c(CC(N)=O)nc(N3CCOCC3)cc2=O)c1. The molecule has 0 spiro atoms. The number of carbonyl (C=O) groups is 1. The number of aromatic nitrogens is 2. The first-order valence-electron chi connectivity index (χ1n) is 7.83. The number of anilines is 1. The van der Waals surface area contributed by atoms with Crippen LogP contribution in [0.1, 0.15) is 11.4 Å². The Morgan fingerprint density at radius 3 is 2.76 bits per heavy atom. The third-order valence-corrected chi connectivity index (χ3v) is 3.88. The van der Waals surface area contributed by atoms with Gasteiger partial charge in [-0.15, -0.1) is 0 Å². The number of carbonyl (C=O) groups excluding carboxylic acids is 1. The first kappa shape index (κ1) is 16.7. The minimum absolute atomic E-state index is 0.176. The van der Waals surface area contributed by atoms with Gasteiger partial charge in [-0.2, -0.15) is 5.26 Å². The van der Waals surface area contributed by atoms with Gasteiger partial charge in [0, 0.05) is 19.2 Å². The van der Waals surface area contributed by atoms with E-state index in [0.717, 1.165) is 0 Å². The van der Waals surface area contributed by atoms with Crippen LogP contribution >= 0.6 is 0 Å². The molecule has 8 heteroatoms. The smallest absolute Gasteiger partial charge is 0.260 e. The van der Waals surface area contributed by atoms with Crippen molar-refractivity contribution in [2.24, 2.45) is 5.73 Å². The number of nitriles is 1. The molecule has 1 aliphatic rings. The lowest BCUT2D eigenvalue weighted by atomic mass is 10.2. The van der Waals surface area contributed by atoms with Crippen LogP contribution in [0.15, 0.2) is 35.1 Å². The van der Waals surface area contributed by atoms with Gasteiger partial charge in [0.25, 0.3) is 5.56 Å². The fraction of sp³-hybridized carbons (Fsp3) is 0.294. The van der Waals surface area contributed by atoms with Crippen LogP contribution in [0.25, 0.3) is 5.69 Å². The summed E-state index contributed by atoms with van der Waals surface area (Å²) in [7, 11) is 0. The molecule has 2 N–H and O–H groups in total. The van der Waals surface area contributed by atoms with E-state index in [-0.39, 0.29) is 17.8 Å². The van der Waals surface area contributed by atoms with Crippen LogP contribution in [0.5, 0.6) is 0 Å². The quantitative estimate of drug-likeness (QED) is 0.836. The Hall–Kier alpha value is -3.18. The maximum absolute atomic E-state index is 12.7. The fourth-order valence-electron chi connectivity index (χ4n) is 2.74. The van der Waals surface area contributed by atoms with Crippen molar-refractivity contribution in [1.29, 1.82) is 5.26 Å². The van der Waals surface area contributed by atoms with Crippen LogP contribution in [0.2, 0.25) is 0 Å². The molecule has 8 nitrogen and oxygen atoms in total. The molecule has 3 rings (SSSR count). The Kier molecular flexibility index (Phi) is 4.77. The highest BCUT2D eigenvalue weighted by atomic mass is 16.5. The molecule has 0 saturated carbocycles. The Balaban J connectivity index is 2.11. The van der Waals surface area contributed by atoms with E-state index >= 15 is 0 Å². The summed E-state index contributed by atoms with van der Waals surface area (Å²) in [5, 5.41) is 9.06. The third kappa shape index (κ3) is 3.67. The zero-order valence-corrected chi connectivity index (χ0v) is 13.5. The highest BCUT2D eigenvalue weighted by Crippen LogP contribution is 2.15. The van der Waals surface area contributed by atoms with E-state index in [9.17, 15) is 9.59 Å². The third-order valence-electron chi connectivity index (χ3n) is 3.88. The molecular weight excluding hydrogens is 322 g/mol. The zero-order chi connectivity index (χ0) is 17.8. The first-order valence-corrected chi connectivity index (χ1v) is 7.83. The van der Waals surface area contributed by atoms with Crippen LogP contribution in [-0.2, 0) is 16.0 Å². The molecule has 1 aliphatic heterocycles. The molecular formula is C17H17N5O3. The van der Waals surface area contributed by atoms with E-state index in [2.05, 4.69) is 4.98 Å². The Bertz CT molecular complexity index is 894. The van der Waals surface area contributed by atoms with Crippen LogP contribution in [0, 0.1) is 11.3 Å². The molecule has 1 saturated heterocycles. The molecule has 0 radical (unpaired) electrons. The maximum atomic E-state index is 12.7. The molecule has 25 heavy (non-hydrogen) atoms. The van der Waals surface area contributed by atoms with Crippen LogP contribution in [0.3, 0.4) is 0 Å². The Labute approximate surface area is 144 Å². The number of ether oxygens (including phenoxy) is 1. The second-order valence-corrected chi connectivity index (χ2v) is 5.61. The normalized spacial score (nSPS) is 14.1. The van der Waals surface area contributed by atoms with Gasteiger partial charge >= 0.3 is 0 Å². The lowest BCUT2D eigenvalue weighted by Gasteiger charge is -2.28. The molecule has 2 aromatic rings. The molecule has 0 unspecified atom stereocenters. The molecule has 0 aliphatic carbocycles. The summed E-state index contributed by atoms with van der Waals surface area (Å²) in [6, 6.07) is 10.0. The van der Waals surface area contributed by atoms with Crippen molar-refractivity contribution in [3.63, 3.8) is 0 Å². The summed E-state index contributed by atoms with van der Waals surface area (Å²) in [6.07, 6.45) is -0.176. The minimum atomic E-state index is -0.587. The van der Waals surface area contributed by atoms with E-state index < -0.39 is 5.91 Å². The molecule has 1 aromatic heterocycles. The fourth-order valence-corrected chi connectivity index (χ4v) is 2.74. The number of morpholine rings is 1. The highest BCUT2D eigenvalue weighted by Gasteiger charge is 2.18. The Morgan fingerprint density at radius 1 is 1.32 bits per heavy atom. The summed E-state index contributed by atoms with van der Waals surface area (Å²) in [5.74, 6) is 0.157. The number of nitrogens with two attached hydrogens (primary N) is 1. The average Bonchev–Trinajstić information content (AvgIpc) is 2.61. The van der Waals surface area contributed by atoms with E-state index in [1.807, 2.05) is 11.0 Å². The topological polar surface area (TPSA) is 114 Å². The molecule has 1 fully saturated rings. The number of primary amides is 1. The van der Waals surface area contributed by atoms with Gasteiger partial charge in [0.15, 0.2) is 0 Å². The van der Waals surface area contributed by atoms with Crippen LogP contribution < -0.4 is 16.2 Å². The van der Waals surface area contributed by atoms with Crippen molar-refractivity contribution in [2.75, 3.05) is 31.2 Å². The number of amides is 1. The van der Waals surface area contributed by atoms with Crippen LogP contribution in [0.4, 0.5) is 5.82 Å². The summed E-state index contributed by atoms with van der Waals surface area (Å²) < 4.78 is 6.62. The van der Waals surface area contributed by atoms with Gasteiger partial charge in [-0.1, -0.05) is 6.07 Å². The predicted octanol–water partition coefficient (Wildman–Crippen LogP) is -0.0314. The van der Waals surface area contributed by atoms with Gasteiger partial charge in [-0.05, 0) is 18.2 Å². The predicted molar refractivity (Wildman–Crippen MR) is 90.5 cm³/mol. The van der Waals surface area contributed by atoms with Gasteiger partial charge in [0.1, 0.15) is 11.6 Å². The number of hydrogen-bond acceptors (Lipinski definition) is 6. The Morgan fingerprint density at radius 2 is 2.08 bits per heavy atom. The summed E-state index contributed by atoms with van der Waals surface area (Å²) >= 11 is 0.